The molecule has 0 unspecified atom stereocenters. The Bertz CT molecular complexity index is 562. The number of nitrogens with two attached hydrogens (primary N) is 1. The largest absolute Gasteiger partial charge is 0.497 e. The number of aromatic nitrogens is 2. The third kappa shape index (κ3) is 2.01. The zero-order valence-corrected chi connectivity index (χ0v) is 9.73. The predicted molar refractivity (Wildman–Crippen MR) is 64.8 cm³/mol. The Morgan fingerprint density at radius 1 is 1.59 bits per heavy atom. The minimum Gasteiger partial charge on any atom is -0.497 e. The third-order valence-corrected chi connectivity index (χ3v) is 2.57. The molecule has 0 aliphatic rings. The Morgan fingerprint density at radius 2 is 2.35 bits per heavy atom. The lowest BCUT2D eigenvalue weighted by Gasteiger charge is -2.05. The van der Waals surface area contributed by atoms with E-state index < -0.39 is 0 Å². The summed E-state index contributed by atoms with van der Waals surface area (Å²) in [5.41, 5.74) is 7.30. The fourth-order valence-electron chi connectivity index (χ4n) is 1.64. The van der Waals surface area contributed by atoms with Crippen molar-refractivity contribution in [2.24, 2.45) is 0 Å². The van der Waals surface area contributed by atoms with Gasteiger partial charge in [0.15, 0.2) is 0 Å². The molecule has 6 heteroatoms. The quantitative estimate of drug-likeness (QED) is 0.804. The molecule has 0 bridgehead atoms. The minimum atomic E-state index is -0.126. The monoisotopic (exact) mass is 234 g/mol. The summed E-state index contributed by atoms with van der Waals surface area (Å²) in [5.74, 6) is 0.895. The third-order valence-electron chi connectivity index (χ3n) is 2.57. The SMILES string of the molecule is CNC(=O)Cn1c(N)nc2ccc(OC)cc21. The fourth-order valence-corrected chi connectivity index (χ4v) is 1.64. The number of nitrogens with one attached hydrogen (secondary N) is 1. The van der Waals surface area contributed by atoms with Crippen molar-refractivity contribution in [2.75, 3.05) is 19.9 Å². The van der Waals surface area contributed by atoms with Gasteiger partial charge in [0, 0.05) is 13.1 Å². The van der Waals surface area contributed by atoms with E-state index in [9.17, 15) is 4.79 Å². The number of hydrogen-bond donors (Lipinski definition) is 2. The Kier molecular flexibility index (Phi) is 2.86. The molecule has 1 amide bonds. The first-order valence-corrected chi connectivity index (χ1v) is 5.16. The highest BCUT2D eigenvalue weighted by molar-refractivity contribution is 5.83. The van der Waals surface area contributed by atoms with E-state index in [1.807, 2.05) is 12.1 Å². The number of ether oxygens (including phenoxy) is 1. The zero-order chi connectivity index (χ0) is 12.4. The lowest BCUT2D eigenvalue weighted by Crippen LogP contribution is -2.24. The zero-order valence-electron chi connectivity index (χ0n) is 9.73. The first-order valence-electron chi connectivity index (χ1n) is 5.16. The van der Waals surface area contributed by atoms with Gasteiger partial charge in [-0.3, -0.25) is 4.79 Å². The van der Waals surface area contributed by atoms with Gasteiger partial charge in [-0.25, -0.2) is 4.98 Å². The van der Waals surface area contributed by atoms with Gasteiger partial charge >= 0.3 is 0 Å². The number of benzene rings is 1. The Morgan fingerprint density at radius 3 is 3.00 bits per heavy atom. The highest BCUT2D eigenvalue weighted by atomic mass is 16.5. The summed E-state index contributed by atoms with van der Waals surface area (Å²) in [7, 11) is 3.17. The van der Waals surface area contributed by atoms with Crippen LogP contribution in [0.5, 0.6) is 5.75 Å². The van der Waals surface area contributed by atoms with Gasteiger partial charge in [-0.2, -0.15) is 0 Å². The number of imidazole rings is 1. The lowest BCUT2D eigenvalue weighted by molar-refractivity contribution is -0.121. The first-order chi connectivity index (χ1) is 8.15. The number of rotatable bonds is 3. The van der Waals surface area contributed by atoms with E-state index in [1.54, 1.807) is 24.8 Å². The Hall–Kier alpha value is -2.24. The molecule has 6 nitrogen and oxygen atoms in total. The van der Waals surface area contributed by atoms with Crippen LogP contribution in [0.15, 0.2) is 18.2 Å². The van der Waals surface area contributed by atoms with Crippen LogP contribution in [0.4, 0.5) is 5.95 Å². The van der Waals surface area contributed by atoms with Crippen molar-refractivity contribution in [1.82, 2.24) is 14.9 Å². The molecule has 17 heavy (non-hydrogen) atoms. The van der Waals surface area contributed by atoms with Crippen molar-refractivity contribution in [3.05, 3.63) is 18.2 Å². The van der Waals surface area contributed by atoms with Gasteiger partial charge in [-0.1, -0.05) is 0 Å². The van der Waals surface area contributed by atoms with E-state index >= 15 is 0 Å². The lowest BCUT2D eigenvalue weighted by atomic mass is 10.3. The molecular weight excluding hydrogens is 220 g/mol. The topological polar surface area (TPSA) is 82.2 Å². The molecule has 0 aliphatic heterocycles. The minimum absolute atomic E-state index is 0.126. The van der Waals surface area contributed by atoms with E-state index in [-0.39, 0.29) is 12.5 Å². The van der Waals surface area contributed by atoms with Crippen LogP contribution >= 0.6 is 0 Å². The number of nitrogen functional groups attached to an aromatic ring is 1. The van der Waals surface area contributed by atoms with Gasteiger partial charge in [0.2, 0.25) is 11.9 Å². The van der Waals surface area contributed by atoms with Crippen molar-refractivity contribution in [3.63, 3.8) is 0 Å². The average molecular weight is 234 g/mol. The molecule has 2 aromatic rings. The number of likely N-dealkylation sites (N-methyl/N-ethyl adjacent to an activating group) is 1. The van der Waals surface area contributed by atoms with E-state index in [1.165, 1.54) is 0 Å². The van der Waals surface area contributed by atoms with E-state index in [0.717, 1.165) is 11.0 Å². The van der Waals surface area contributed by atoms with E-state index in [0.29, 0.717) is 11.7 Å². The maximum Gasteiger partial charge on any atom is 0.239 e. The molecule has 3 N–H and O–H groups in total. The first kappa shape index (κ1) is 11.3. The number of methoxy groups -OCH3 is 1. The van der Waals surface area contributed by atoms with Gasteiger partial charge in [0.25, 0.3) is 0 Å². The number of fused-ring (bicyclic) bond motifs is 1. The molecule has 0 atom stereocenters. The number of nitrogens with zero attached hydrogens (tertiary/aromatic N) is 2. The summed E-state index contributed by atoms with van der Waals surface area (Å²) < 4.78 is 6.78. The van der Waals surface area contributed by atoms with Gasteiger partial charge in [0.05, 0.1) is 18.1 Å². The summed E-state index contributed by atoms with van der Waals surface area (Å²) in [6, 6.07) is 5.42. The van der Waals surface area contributed by atoms with Gasteiger partial charge in [-0.05, 0) is 12.1 Å². The molecule has 0 spiro atoms. The Balaban J connectivity index is 2.52. The summed E-state index contributed by atoms with van der Waals surface area (Å²) in [4.78, 5) is 15.6. The number of carbonyl (C=O) groups excluding carboxylic acids is 1. The number of carbonyl (C=O) groups is 1. The van der Waals surface area contributed by atoms with Crippen LogP contribution in [0.2, 0.25) is 0 Å². The molecular formula is C11H14N4O2. The van der Waals surface area contributed by atoms with Crippen molar-refractivity contribution >= 4 is 22.9 Å². The predicted octanol–water partition coefficient (Wildman–Crippen LogP) is 0.373. The number of hydrogen-bond acceptors (Lipinski definition) is 4. The maximum atomic E-state index is 11.4. The van der Waals surface area contributed by atoms with Gasteiger partial charge in [0.1, 0.15) is 12.3 Å². The molecule has 0 aliphatic carbocycles. The smallest absolute Gasteiger partial charge is 0.239 e. The second-order valence-corrected chi connectivity index (χ2v) is 3.58. The molecule has 1 heterocycles. The highest BCUT2D eigenvalue weighted by Crippen LogP contribution is 2.22. The van der Waals surface area contributed by atoms with Crippen LogP contribution in [-0.4, -0.2) is 29.6 Å². The van der Waals surface area contributed by atoms with Crippen molar-refractivity contribution in [2.45, 2.75) is 6.54 Å². The van der Waals surface area contributed by atoms with Crippen LogP contribution in [0.3, 0.4) is 0 Å². The molecule has 0 radical (unpaired) electrons. The molecule has 1 aromatic heterocycles. The second kappa shape index (κ2) is 4.32. The number of anilines is 1. The van der Waals surface area contributed by atoms with Crippen LogP contribution in [0.1, 0.15) is 0 Å². The molecule has 0 saturated heterocycles. The molecule has 90 valence electrons. The van der Waals surface area contributed by atoms with E-state index in [4.69, 9.17) is 10.5 Å². The summed E-state index contributed by atoms with van der Waals surface area (Å²) >= 11 is 0. The molecule has 1 aromatic carbocycles. The van der Waals surface area contributed by atoms with Crippen LogP contribution in [0, 0.1) is 0 Å². The fraction of sp³-hybridized carbons (Fsp3) is 0.273. The van der Waals surface area contributed by atoms with Crippen molar-refractivity contribution in [1.29, 1.82) is 0 Å². The molecule has 0 fully saturated rings. The van der Waals surface area contributed by atoms with Crippen molar-refractivity contribution in [3.8, 4) is 5.75 Å². The number of amides is 1. The standard InChI is InChI=1S/C11H14N4O2/c1-13-10(16)6-15-9-5-7(17-2)3-4-8(9)14-11(15)12/h3-5H,6H2,1-2H3,(H2,12,14)(H,13,16). The van der Waals surface area contributed by atoms with Crippen LogP contribution in [-0.2, 0) is 11.3 Å². The highest BCUT2D eigenvalue weighted by Gasteiger charge is 2.11. The van der Waals surface area contributed by atoms with Crippen LogP contribution in [0.25, 0.3) is 11.0 Å². The van der Waals surface area contributed by atoms with Gasteiger partial charge < -0.3 is 20.4 Å². The average Bonchev–Trinajstić information content (AvgIpc) is 2.65. The molecule has 0 saturated carbocycles. The normalized spacial score (nSPS) is 10.5. The van der Waals surface area contributed by atoms with Crippen LogP contribution < -0.4 is 15.8 Å². The summed E-state index contributed by atoms with van der Waals surface area (Å²) in [6.07, 6.45) is 0. The summed E-state index contributed by atoms with van der Waals surface area (Å²) in [6.45, 7) is 0.145. The molecule has 2 rings (SSSR count). The maximum absolute atomic E-state index is 11.4. The Labute approximate surface area is 98.4 Å². The van der Waals surface area contributed by atoms with E-state index in [2.05, 4.69) is 10.3 Å². The second-order valence-electron chi connectivity index (χ2n) is 3.58. The summed E-state index contributed by atoms with van der Waals surface area (Å²) in [5, 5.41) is 2.55. The van der Waals surface area contributed by atoms with Gasteiger partial charge in [-0.15, -0.1) is 0 Å². The van der Waals surface area contributed by atoms with Crippen molar-refractivity contribution < 1.29 is 9.53 Å².